The van der Waals surface area contributed by atoms with Gasteiger partial charge in [0.1, 0.15) is 0 Å². The summed E-state index contributed by atoms with van der Waals surface area (Å²) in [7, 11) is 0. The fraction of sp³-hybridized carbons (Fsp3) is 0.118. The fourth-order valence-electron chi connectivity index (χ4n) is 2.32. The van der Waals surface area contributed by atoms with Crippen molar-refractivity contribution >= 4 is 75.0 Å². The van der Waals surface area contributed by atoms with Crippen molar-refractivity contribution in [2.24, 2.45) is 0 Å². The Labute approximate surface area is 183 Å². The Morgan fingerprint density at radius 3 is 2.86 bits per heavy atom. The summed E-state index contributed by atoms with van der Waals surface area (Å²) in [4.78, 5) is 36.7. The number of nitrogens with one attached hydrogen (secondary N) is 1. The Bertz CT molecular complexity index is 1010. The molecule has 0 atom stereocenters. The Morgan fingerprint density at radius 2 is 2.21 bits per heavy atom. The molecule has 8 nitrogen and oxygen atoms in total. The molecule has 12 heteroatoms. The van der Waals surface area contributed by atoms with Crippen LogP contribution in [0.3, 0.4) is 0 Å². The zero-order valence-corrected chi connectivity index (χ0v) is 17.8. The van der Waals surface area contributed by atoms with Gasteiger partial charge in [-0.05, 0) is 41.4 Å². The number of rotatable bonds is 7. The van der Waals surface area contributed by atoms with Crippen LogP contribution in [0.2, 0.25) is 0 Å². The molecule has 0 spiro atoms. The van der Waals surface area contributed by atoms with E-state index in [2.05, 4.69) is 5.43 Å². The molecule has 150 valence electrons. The third-order valence-corrected chi connectivity index (χ3v) is 6.79. The minimum absolute atomic E-state index is 0.0940. The van der Waals surface area contributed by atoms with Gasteiger partial charge in [-0.1, -0.05) is 23.9 Å². The average molecular weight is 468 g/mol. The zero-order chi connectivity index (χ0) is 21.0. The third-order valence-electron chi connectivity index (χ3n) is 3.58. The van der Waals surface area contributed by atoms with Gasteiger partial charge in [-0.15, -0.1) is 23.1 Å². The van der Waals surface area contributed by atoms with Gasteiger partial charge in [0.05, 0.1) is 26.2 Å². The summed E-state index contributed by atoms with van der Waals surface area (Å²) in [6, 6.07) is 7.92. The van der Waals surface area contributed by atoms with E-state index < -0.39 is 16.7 Å². The van der Waals surface area contributed by atoms with Crippen LogP contribution < -0.4 is 5.43 Å². The standard InChI is InChI=1S/C17H13N3O5S4/c21-5-7-28-12-4-3-10(8-11(12)20(24)25)9-14-16(23)19(17(26)29-14)18-15(22)13-2-1-6-27-13/h1-4,6,8-9,21H,5,7H2,(H,18,22)/b14-9-. The number of aliphatic hydroxyl groups excluding tert-OH is 1. The monoisotopic (exact) mass is 467 g/mol. The second kappa shape index (κ2) is 9.50. The number of carbonyl (C=O) groups excluding carboxylic acids is 2. The van der Waals surface area contributed by atoms with Crippen LogP contribution in [0.15, 0.2) is 45.5 Å². The molecule has 2 amide bonds. The van der Waals surface area contributed by atoms with E-state index in [1.165, 1.54) is 35.2 Å². The van der Waals surface area contributed by atoms with Crippen LogP contribution in [0.4, 0.5) is 5.69 Å². The fourth-order valence-corrected chi connectivity index (χ4v) is 4.87. The molecule has 1 aromatic carbocycles. The highest BCUT2D eigenvalue weighted by Gasteiger charge is 2.34. The number of amides is 2. The van der Waals surface area contributed by atoms with Gasteiger partial charge in [0, 0.05) is 11.8 Å². The van der Waals surface area contributed by atoms with Crippen molar-refractivity contribution in [3.63, 3.8) is 0 Å². The Balaban J connectivity index is 1.80. The lowest BCUT2D eigenvalue weighted by Gasteiger charge is -2.14. The molecule has 1 aromatic heterocycles. The second-order valence-corrected chi connectivity index (χ2v) is 9.25. The molecule has 0 bridgehead atoms. The van der Waals surface area contributed by atoms with Gasteiger partial charge in [0.25, 0.3) is 17.5 Å². The summed E-state index contributed by atoms with van der Waals surface area (Å²) in [6.45, 7) is -0.0940. The number of nitro benzene ring substituents is 1. The van der Waals surface area contributed by atoms with Gasteiger partial charge in [0.15, 0.2) is 4.32 Å². The van der Waals surface area contributed by atoms with Crippen LogP contribution >= 0.6 is 47.1 Å². The highest BCUT2D eigenvalue weighted by molar-refractivity contribution is 8.26. The first-order chi connectivity index (χ1) is 13.9. The van der Waals surface area contributed by atoms with Gasteiger partial charge in [-0.25, -0.2) is 0 Å². The number of hydrazine groups is 1. The van der Waals surface area contributed by atoms with E-state index in [-0.39, 0.29) is 21.5 Å². The Kier molecular flexibility index (Phi) is 7.03. The zero-order valence-electron chi connectivity index (χ0n) is 14.6. The molecule has 1 saturated heterocycles. The van der Waals surface area contributed by atoms with Crippen LogP contribution in [-0.2, 0) is 4.79 Å². The number of nitro groups is 1. The summed E-state index contributed by atoms with van der Waals surface area (Å²) in [6.07, 6.45) is 1.49. The Morgan fingerprint density at radius 1 is 1.41 bits per heavy atom. The number of aliphatic hydroxyl groups is 1. The molecule has 2 N–H and O–H groups in total. The van der Waals surface area contributed by atoms with Crippen molar-refractivity contribution in [1.82, 2.24) is 10.4 Å². The SMILES string of the molecule is O=C(NN1C(=O)/C(=C/c2ccc(SCCO)c([N+](=O)[O-])c2)SC1=S)c1cccs1. The summed E-state index contributed by atoms with van der Waals surface area (Å²) >= 11 is 8.58. The third kappa shape index (κ3) is 5.03. The van der Waals surface area contributed by atoms with Crippen molar-refractivity contribution in [3.8, 4) is 0 Å². The number of thiophene rings is 1. The summed E-state index contributed by atoms with van der Waals surface area (Å²) in [5.74, 6) is -0.618. The molecule has 1 aliphatic rings. The molecule has 0 radical (unpaired) electrons. The normalized spacial score (nSPS) is 15.2. The van der Waals surface area contributed by atoms with E-state index in [0.717, 1.165) is 16.8 Å². The molecule has 29 heavy (non-hydrogen) atoms. The topological polar surface area (TPSA) is 113 Å². The molecular weight excluding hydrogens is 454 g/mol. The predicted molar refractivity (Wildman–Crippen MR) is 118 cm³/mol. The van der Waals surface area contributed by atoms with E-state index in [1.807, 2.05) is 0 Å². The largest absolute Gasteiger partial charge is 0.396 e. The van der Waals surface area contributed by atoms with E-state index in [4.69, 9.17) is 17.3 Å². The predicted octanol–water partition coefficient (Wildman–Crippen LogP) is 3.29. The maximum absolute atomic E-state index is 12.6. The minimum Gasteiger partial charge on any atom is -0.396 e. The molecule has 3 rings (SSSR count). The molecular formula is C17H13N3O5S4. The van der Waals surface area contributed by atoms with Crippen molar-refractivity contribution in [2.45, 2.75) is 4.90 Å². The van der Waals surface area contributed by atoms with Crippen LogP contribution in [0.1, 0.15) is 15.2 Å². The lowest BCUT2D eigenvalue weighted by atomic mass is 10.2. The van der Waals surface area contributed by atoms with Crippen LogP contribution in [0.25, 0.3) is 6.08 Å². The van der Waals surface area contributed by atoms with Crippen molar-refractivity contribution in [2.75, 3.05) is 12.4 Å². The second-order valence-electron chi connectivity index (χ2n) is 5.49. The minimum atomic E-state index is -0.510. The van der Waals surface area contributed by atoms with Crippen molar-refractivity contribution in [1.29, 1.82) is 0 Å². The number of benzene rings is 1. The van der Waals surface area contributed by atoms with Crippen molar-refractivity contribution in [3.05, 3.63) is 61.2 Å². The average Bonchev–Trinajstić information content (AvgIpc) is 3.32. The maximum atomic E-state index is 12.6. The highest BCUT2D eigenvalue weighted by atomic mass is 32.2. The van der Waals surface area contributed by atoms with Gasteiger partial charge in [-0.3, -0.25) is 25.1 Å². The van der Waals surface area contributed by atoms with Gasteiger partial charge >= 0.3 is 0 Å². The van der Waals surface area contributed by atoms with Gasteiger partial charge in [0.2, 0.25) is 0 Å². The highest BCUT2D eigenvalue weighted by Crippen LogP contribution is 2.34. The molecule has 2 heterocycles. The summed E-state index contributed by atoms with van der Waals surface area (Å²) in [5.41, 5.74) is 2.82. The first kappa shape index (κ1) is 21.5. The van der Waals surface area contributed by atoms with Crippen LogP contribution in [-0.4, -0.2) is 43.5 Å². The lowest BCUT2D eigenvalue weighted by Crippen LogP contribution is -2.44. The van der Waals surface area contributed by atoms with Crippen molar-refractivity contribution < 1.29 is 19.6 Å². The molecule has 0 saturated carbocycles. The van der Waals surface area contributed by atoms with E-state index in [1.54, 1.807) is 29.6 Å². The first-order valence-electron chi connectivity index (χ1n) is 8.05. The number of hydrogen-bond donors (Lipinski definition) is 2. The number of nitrogens with zero attached hydrogens (tertiary/aromatic N) is 2. The first-order valence-corrected chi connectivity index (χ1v) is 11.1. The van der Waals surface area contributed by atoms with Gasteiger partial charge in [-0.2, -0.15) is 5.01 Å². The lowest BCUT2D eigenvalue weighted by molar-refractivity contribution is -0.387. The number of thiocarbonyl (C=S) groups is 1. The molecule has 0 unspecified atom stereocenters. The number of carbonyl (C=O) groups is 2. The number of hydrogen-bond acceptors (Lipinski definition) is 9. The maximum Gasteiger partial charge on any atom is 0.285 e. The number of thioether (sulfide) groups is 2. The smallest absolute Gasteiger partial charge is 0.285 e. The Hall–Kier alpha value is -2.25. The van der Waals surface area contributed by atoms with Gasteiger partial charge < -0.3 is 5.11 Å². The summed E-state index contributed by atoms with van der Waals surface area (Å²) in [5, 5.41) is 23.0. The van der Waals surface area contributed by atoms with E-state index >= 15 is 0 Å². The van der Waals surface area contributed by atoms with Crippen LogP contribution in [0, 0.1) is 10.1 Å². The van der Waals surface area contributed by atoms with E-state index in [9.17, 15) is 19.7 Å². The molecule has 1 aliphatic heterocycles. The van der Waals surface area contributed by atoms with Crippen LogP contribution in [0.5, 0.6) is 0 Å². The summed E-state index contributed by atoms with van der Waals surface area (Å²) < 4.78 is 0.163. The van der Waals surface area contributed by atoms with E-state index in [0.29, 0.717) is 21.1 Å². The molecule has 2 aromatic rings. The molecule has 0 aliphatic carbocycles. The molecule has 1 fully saturated rings. The quantitative estimate of drug-likeness (QED) is 0.210.